The molecule has 1 aromatic carbocycles. The fraction of sp³-hybridized carbons (Fsp3) is 0.308. The van der Waals surface area contributed by atoms with E-state index >= 15 is 0 Å². The Labute approximate surface area is 95.6 Å². The largest absolute Gasteiger partial charge is 0.350 e. The average molecular weight is 215 g/mol. The molecule has 0 saturated carbocycles. The van der Waals surface area contributed by atoms with Crippen molar-refractivity contribution in [1.82, 2.24) is 9.97 Å². The molecule has 0 fully saturated rings. The minimum Gasteiger partial charge on any atom is -0.350 e. The number of anilines is 1. The molecule has 1 aromatic heterocycles. The van der Waals surface area contributed by atoms with Gasteiger partial charge in [-0.15, -0.1) is 0 Å². The lowest BCUT2D eigenvalue weighted by molar-refractivity contribution is 0.963. The van der Waals surface area contributed by atoms with Crippen LogP contribution < -0.4 is 5.32 Å². The Balaban J connectivity index is 2.12. The summed E-state index contributed by atoms with van der Waals surface area (Å²) in [5, 5.41) is 3.31. The average Bonchev–Trinajstić information content (AvgIpc) is 2.68. The molecule has 1 heterocycles. The van der Waals surface area contributed by atoms with Crippen LogP contribution in [0, 0.1) is 0 Å². The van der Waals surface area contributed by atoms with Crippen LogP contribution in [0.4, 0.5) is 5.95 Å². The number of imidazole rings is 1. The SMILES string of the molecule is CC/C=C\C(C)Nc1nc2ccccc2[nH]1. The van der Waals surface area contributed by atoms with Crippen molar-refractivity contribution >= 4 is 17.0 Å². The highest BCUT2D eigenvalue weighted by atomic mass is 15.1. The highest BCUT2D eigenvalue weighted by molar-refractivity contribution is 5.77. The van der Waals surface area contributed by atoms with E-state index < -0.39 is 0 Å². The van der Waals surface area contributed by atoms with Gasteiger partial charge in [-0.1, -0.05) is 31.2 Å². The maximum absolute atomic E-state index is 4.46. The first-order chi connectivity index (χ1) is 7.79. The molecule has 3 nitrogen and oxygen atoms in total. The Morgan fingerprint density at radius 3 is 3.00 bits per heavy atom. The molecule has 0 bridgehead atoms. The van der Waals surface area contributed by atoms with Gasteiger partial charge in [-0.25, -0.2) is 4.98 Å². The number of hydrogen-bond acceptors (Lipinski definition) is 2. The Bertz CT molecular complexity index is 452. The lowest BCUT2D eigenvalue weighted by atomic mass is 10.3. The maximum atomic E-state index is 4.46. The van der Waals surface area contributed by atoms with E-state index in [0.29, 0.717) is 6.04 Å². The molecular formula is C13H17N3. The molecule has 3 heteroatoms. The second-order valence-electron chi connectivity index (χ2n) is 3.87. The zero-order chi connectivity index (χ0) is 11.4. The van der Waals surface area contributed by atoms with E-state index in [4.69, 9.17) is 0 Å². The van der Waals surface area contributed by atoms with Crippen LogP contribution in [0.25, 0.3) is 11.0 Å². The molecule has 1 unspecified atom stereocenters. The number of hydrogen-bond donors (Lipinski definition) is 2. The van der Waals surface area contributed by atoms with Crippen molar-refractivity contribution in [2.75, 3.05) is 5.32 Å². The first kappa shape index (κ1) is 10.7. The van der Waals surface area contributed by atoms with Crippen LogP contribution in [-0.4, -0.2) is 16.0 Å². The third kappa shape index (κ3) is 2.42. The summed E-state index contributed by atoms with van der Waals surface area (Å²) >= 11 is 0. The molecule has 0 radical (unpaired) electrons. The predicted molar refractivity (Wildman–Crippen MR) is 68.6 cm³/mol. The summed E-state index contributed by atoms with van der Waals surface area (Å²) in [6.45, 7) is 4.24. The Morgan fingerprint density at radius 1 is 1.44 bits per heavy atom. The number of fused-ring (bicyclic) bond motifs is 1. The fourth-order valence-corrected chi connectivity index (χ4v) is 1.63. The van der Waals surface area contributed by atoms with Gasteiger partial charge in [0, 0.05) is 6.04 Å². The standard InChI is InChI=1S/C13H17N3/c1-3-4-7-10(2)14-13-15-11-8-5-6-9-12(11)16-13/h4-10H,3H2,1-2H3,(H2,14,15,16)/b7-4-. The van der Waals surface area contributed by atoms with Crippen LogP contribution in [0.1, 0.15) is 20.3 Å². The molecule has 2 aromatic rings. The van der Waals surface area contributed by atoms with Gasteiger partial charge in [-0.3, -0.25) is 0 Å². The number of H-pyrrole nitrogens is 1. The van der Waals surface area contributed by atoms with Crippen molar-refractivity contribution in [3.05, 3.63) is 36.4 Å². The van der Waals surface area contributed by atoms with Gasteiger partial charge in [0.15, 0.2) is 0 Å². The second kappa shape index (κ2) is 4.84. The van der Waals surface area contributed by atoms with Crippen LogP contribution in [0.15, 0.2) is 36.4 Å². The molecule has 0 amide bonds. The summed E-state index contributed by atoms with van der Waals surface area (Å²) in [4.78, 5) is 7.71. The summed E-state index contributed by atoms with van der Waals surface area (Å²) in [5.41, 5.74) is 2.06. The van der Waals surface area contributed by atoms with E-state index in [2.05, 4.69) is 41.3 Å². The lowest BCUT2D eigenvalue weighted by Crippen LogP contribution is -2.12. The summed E-state index contributed by atoms with van der Waals surface area (Å²) in [5.74, 6) is 0.828. The van der Waals surface area contributed by atoms with E-state index in [9.17, 15) is 0 Å². The van der Waals surface area contributed by atoms with E-state index in [1.807, 2.05) is 24.3 Å². The van der Waals surface area contributed by atoms with E-state index in [1.165, 1.54) is 0 Å². The molecule has 0 aliphatic rings. The lowest BCUT2D eigenvalue weighted by Gasteiger charge is -2.06. The van der Waals surface area contributed by atoms with Crippen LogP contribution >= 0.6 is 0 Å². The number of rotatable bonds is 4. The number of nitrogens with one attached hydrogen (secondary N) is 2. The Kier molecular flexibility index (Phi) is 3.25. The third-order valence-corrected chi connectivity index (χ3v) is 2.41. The molecule has 1 atom stereocenters. The highest BCUT2D eigenvalue weighted by Gasteiger charge is 2.02. The van der Waals surface area contributed by atoms with E-state index in [1.54, 1.807) is 0 Å². The summed E-state index contributed by atoms with van der Waals surface area (Å²) in [6, 6.07) is 8.32. The molecule has 0 saturated heterocycles. The van der Waals surface area contributed by atoms with Crippen molar-refractivity contribution in [2.24, 2.45) is 0 Å². The van der Waals surface area contributed by atoms with Crippen molar-refractivity contribution in [1.29, 1.82) is 0 Å². The van der Waals surface area contributed by atoms with Crippen molar-refractivity contribution in [2.45, 2.75) is 26.3 Å². The van der Waals surface area contributed by atoms with Gasteiger partial charge in [0.1, 0.15) is 0 Å². The zero-order valence-electron chi connectivity index (χ0n) is 9.70. The Hall–Kier alpha value is -1.77. The normalized spacial score (nSPS) is 13.4. The topological polar surface area (TPSA) is 40.7 Å². The minimum absolute atomic E-state index is 0.292. The summed E-state index contributed by atoms with van der Waals surface area (Å²) in [6.07, 6.45) is 5.36. The Morgan fingerprint density at radius 2 is 2.25 bits per heavy atom. The summed E-state index contributed by atoms with van der Waals surface area (Å²) < 4.78 is 0. The van der Waals surface area contributed by atoms with Gasteiger partial charge in [0.25, 0.3) is 0 Å². The number of allylic oxidation sites excluding steroid dienone is 1. The van der Waals surface area contributed by atoms with Crippen LogP contribution in [0.2, 0.25) is 0 Å². The van der Waals surface area contributed by atoms with E-state index in [-0.39, 0.29) is 0 Å². The number of benzene rings is 1. The molecular weight excluding hydrogens is 198 g/mol. The van der Waals surface area contributed by atoms with Gasteiger partial charge >= 0.3 is 0 Å². The number of aromatic nitrogens is 2. The van der Waals surface area contributed by atoms with Gasteiger partial charge in [0.05, 0.1) is 11.0 Å². The predicted octanol–water partition coefficient (Wildman–Crippen LogP) is 3.33. The number of nitrogens with zero attached hydrogens (tertiary/aromatic N) is 1. The molecule has 2 rings (SSSR count). The van der Waals surface area contributed by atoms with Crippen LogP contribution in [-0.2, 0) is 0 Å². The zero-order valence-corrected chi connectivity index (χ0v) is 9.70. The van der Waals surface area contributed by atoms with Crippen LogP contribution in [0.3, 0.4) is 0 Å². The third-order valence-electron chi connectivity index (χ3n) is 2.41. The van der Waals surface area contributed by atoms with Gasteiger partial charge in [-0.2, -0.15) is 0 Å². The van der Waals surface area contributed by atoms with Gasteiger partial charge in [-0.05, 0) is 25.5 Å². The molecule has 16 heavy (non-hydrogen) atoms. The molecule has 0 aliphatic heterocycles. The smallest absolute Gasteiger partial charge is 0.201 e. The van der Waals surface area contributed by atoms with Crippen molar-refractivity contribution in [3.8, 4) is 0 Å². The van der Waals surface area contributed by atoms with Crippen LogP contribution in [0.5, 0.6) is 0 Å². The van der Waals surface area contributed by atoms with Crippen molar-refractivity contribution in [3.63, 3.8) is 0 Å². The van der Waals surface area contributed by atoms with Gasteiger partial charge in [0.2, 0.25) is 5.95 Å². The van der Waals surface area contributed by atoms with Crippen molar-refractivity contribution < 1.29 is 0 Å². The van der Waals surface area contributed by atoms with Gasteiger partial charge < -0.3 is 10.3 Å². The number of aromatic amines is 1. The monoisotopic (exact) mass is 215 g/mol. The minimum atomic E-state index is 0.292. The molecule has 0 aliphatic carbocycles. The van der Waals surface area contributed by atoms with E-state index in [0.717, 1.165) is 23.4 Å². The summed E-state index contributed by atoms with van der Waals surface area (Å²) in [7, 11) is 0. The first-order valence-electron chi connectivity index (χ1n) is 5.67. The highest BCUT2D eigenvalue weighted by Crippen LogP contribution is 2.13. The quantitative estimate of drug-likeness (QED) is 0.768. The fourth-order valence-electron chi connectivity index (χ4n) is 1.63. The molecule has 0 spiro atoms. The molecule has 84 valence electrons. The maximum Gasteiger partial charge on any atom is 0.201 e. The second-order valence-corrected chi connectivity index (χ2v) is 3.87. The first-order valence-corrected chi connectivity index (χ1v) is 5.67. The number of para-hydroxylation sites is 2. The molecule has 2 N–H and O–H groups in total.